The van der Waals surface area contributed by atoms with E-state index in [4.69, 9.17) is 10.8 Å². The molecule has 0 saturated carbocycles. The van der Waals surface area contributed by atoms with Crippen LogP contribution in [0.4, 0.5) is 5.00 Å². The average molecular weight is 207 g/mol. The van der Waals surface area contributed by atoms with Crippen molar-refractivity contribution in [2.75, 3.05) is 5.73 Å². The smallest absolute Gasteiger partial charge is 0.0901 e. The van der Waals surface area contributed by atoms with Crippen molar-refractivity contribution in [3.63, 3.8) is 0 Å². The summed E-state index contributed by atoms with van der Waals surface area (Å²) in [7, 11) is 0. The zero-order valence-corrected chi connectivity index (χ0v) is 8.90. The van der Waals surface area contributed by atoms with Gasteiger partial charge in [0.1, 0.15) is 0 Å². The molecular weight excluding hydrogens is 194 g/mol. The third kappa shape index (κ3) is 1.38. The summed E-state index contributed by atoms with van der Waals surface area (Å²) in [6, 6.07) is 6.01. The summed E-state index contributed by atoms with van der Waals surface area (Å²) in [5, 5.41) is 11.1. The number of thiophene rings is 1. The topological polar surface area (TPSA) is 46.2 Å². The van der Waals surface area contributed by atoms with Crippen molar-refractivity contribution in [2.24, 2.45) is 0 Å². The van der Waals surface area contributed by atoms with Gasteiger partial charge in [-0.3, -0.25) is 0 Å². The molecule has 0 aliphatic carbocycles. The molecule has 1 heterocycles. The van der Waals surface area contributed by atoms with E-state index in [-0.39, 0.29) is 6.61 Å². The second-order valence-electron chi connectivity index (χ2n) is 3.29. The van der Waals surface area contributed by atoms with Crippen LogP contribution in [0.3, 0.4) is 0 Å². The van der Waals surface area contributed by atoms with Crippen LogP contribution in [-0.4, -0.2) is 5.11 Å². The van der Waals surface area contributed by atoms with Gasteiger partial charge < -0.3 is 10.8 Å². The molecule has 0 aliphatic rings. The molecule has 0 radical (unpaired) electrons. The van der Waals surface area contributed by atoms with E-state index in [0.717, 1.165) is 17.0 Å². The maximum Gasteiger partial charge on any atom is 0.0901 e. The Morgan fingerprint density at radius 2 is 2.21 bits per heavy atom. The number of benzene rings is 1. The van der Waals surface area contributed by atoms with Crippen LogP contribution in [-0.2, 0) is 13.0 Å². The monoisotopic (exact) mass is 207 g/mol. The number of anilines is 1. The predicted octanol–water partition coefficient (Wildman–Crippen LogP) is 2.54. The SMILES string of the molecule is CCc1c(N)sc2cc(CO)ccc12. The Balaban J connectivity index is 2.68. The van der Waals surface area contributed by atoms with Gasteiger partial charge in [0.15, 0.2) is 0 Å². The van der Waals surface area contributed by atoms with Crippen molar-refractivity contribution >= 4 is 26.4 Å². The van der Waals surface area contributed by atoms with Crippen LogP contribution in [0.2, 0.25) is 0 Å². The van der Waals surface area contributed by atoms with Crippen molar-refractivity contribution in [1.82, 2.24) is 0 Å². The molecule has 1 aromatic carbocycles. The van der Waals surface area contributed by atoms with Gasteiger partial charge in [-0.15, -0.1) is 11.3 Å². The molecule has 0 atom stereocenters. The van der Waals surface area contributed by atoms with E-state index in [9.17, 15) is 0 Å². The molecule has 0 aliphatic heterocycles. The highest BCUT2D eigenvalue weighted by molar-refractivity contribution is 7.22. The summed E-state index contributed by atoms with van der Waals surface area (Å²) < 4.78 is 1.17. The van der Waals surface area contributed by atoms with E-state index in [2.05, 4.69) is 6.92 Å². The molecule has 0 bridgehead atoms. The largest absolute Gasteiger partial charge is 0.392 e. The third-order valence-electron chi connectivity index (χ3n) is 2.42. The van der Waals surface area contributed by atoms with Crippen LogP contribution in [0.5, 0.6) is 0 Å². The first-order valence-corrected chi connectivity index (χ1v) is 5.48. The van der Waals surface area contributed by atoms with Gasteiger partial charge >= 0.3 is 0 Å². The van der Waals surface area contributed by atoms with E-state index in [1.807, 2.05) is 18.2 Å². The van der Waals surface area contributed by atoms with Crippen LogP contribution in [0.1, 0.15) is 18.1 Å². The molecule has 0 fully saturated rings. The molecule has 74 valence electrons. The molecule has 3 heteroatoms. The quantitative estimate of drug-likeness (QED) is 0.795. The van der Waals surface area contributed by atoms with Crippen molar-refractivity contribution in [3.8, 4) is 0 Å². The lowest BCUT2D eigenvalue weighted by Gasteiger charge is -1.97. The molecule has 0 amide bonds. The number of aliphatic hydroxyl groups is 1. The van der Waals surface area contributed by atoms with Crippen LogP contribution in [0, 0.1) is 0 Å². The fraction of sp³-hybridized carbons (Fsp3) is 0.273. The number of nitrogens with two attached hydrogens (primary N) is 1. The number of rotatable bonds is 2. The van der Waals surface area contributed by atoms with Crippen LogP contribution < -0.4 is 5.73 Å². The lowest BCUT2D eigenvalue weighted by Crippen LogP contribution is -1.86. The molecule has 1 aromatic heterocycles. The van der Waals surface area contributed by atoms with Gasteiger partial charge in [0.05, 0.1) is 11.6 Å². The third-order valence-corrected chi connectivity index (χ3v) is 3.45. The maximum absolute atomic E-state index is 9.00. The van der Waals surface area contributed by atoms with Crippen LogP contribution >= 0.6 is 11.3 Å². The maximum atomic E-state index is 9.00. The highest BCUT2D eigenvalue weighted by atomic mass is 32.1. The van der Waals surface area contributed by atoms with E-state index in [1.54, 1.807) is 11.3 Å². The van der Waals surface area contributed by atoms with Gasteiger partial charge in [-0.25, -0.2) is 0 Å². The first-order chi connectivity index (χ1) is 6.76. The van der Waals surface area contributed by atoms with E-state index in [1.165, 1.54) is 15.6 Å². The van der Waals surface area contributed by atoms with Gasteiger partial charge in [-0.1, -0.05) is 19.1 Å². The molecular formula is C11H13NOS. The summed E-state index contributed by atoms with van der Waals surface area (Å²) in [6.07, 6.45) is 0.963. The number of aliphatic hydroxyl groups excluding tert-OH is 1. The summed E-state index contributed by atoms with van der Waals surface area (Å²) in [5.41, 5.74) is 8.09. The van der Waals surface area contributed by atoms with Crippen LogP contribution in [0.25, 0.3) is 10.1 Å². The summed E-state index contributed by atoms with van der Waals surface area (Å²) >= 11 is 1.60. The molecule has 0 saturated heterocycles. The van der Waals surface area contributed by atoms with E-state index >= 15 is 0 Å². The summed E-state index contributed by atoms with van der Waals surface area (Å²) in [4.78, 5) is 0. The lowest BCUT2D eigenvalue weighted by atomic mass is 10.1. The Bertz CT molecular complexity index is 462. The first-order valence-electron chi connectivity index (χ1n) is 4.67. The summed E-state index contributed by atoms with van der Waals surface area (Å²) in [5.74, 6) is 0. The number of fused-ring (bicyclic) bond motifs is 1. The molecule has 2 rings (SSSR count). The molecule has 0 unspecified atom stereocenters. The predicted molar refractivity (Wildman–Crippen MR) is 61.5 cm³/mol. The number of hydrogen-bond acceptors (Lipinski definition) is 3. The Morgan fingerprint density at radius 3 is 2.86 bits per heavy atom. The molecule has 3 N–H and O–H groups in total. The Morgan fingerprint density at radius 1 is 1.43 bits per heavy atom. The fourth-order valence-corrected chi connectivity index (χ4v) is 2.80. The normalized spacial score (nSPS) is 11.0. The standard InChI is InChI=1S/C11H13NOS/c1-2-8-9-4-3-7(6-13)5-10(9)14-11(8)12/h3-5,13H,2,6,12H2,1H3. The zero-order valence-electron chi connectivity index (χ0n) is 8.08. The van der Waals surface area contributed by atoms with Crippen molar-refractivity contribution in [3.05, 3.63) is 29.3 Å². The minimum Gasteiger partial charge on any atom is -0.392 e. The second kappa shape index (κ2) is 3.59. The Hall–Kier alpha value is -1.06. The van der Waals surface area contributed by atoms with Crippen LogP contribution in [0.15, 0.2) is 18.2 Å². The average Bonchev–Trinajstić information content (AvgIpc) is 2.51. The van der Waals surface area contributed by atoms with Gasteiger partial charge in [0, 0.05) is 4.70 Å². The Kier molecular flexibility index (Phi) is 2.44. The van der Waals surface area contributed by atoms with Gasteiger partial charge in [-0.05, 0) is 29.0 Å². The number of aryl methyl sites for hydroxylation is 1. The zero-order chi connectivity index (χ0) is 10.1. The van der Waals surface area contributed by atoms with Crippen molar-refractivity contribution in [1.29, 1.82) is 0 Å². The minimum absolute atomic E-state index is 0.0925. The molecule has 0 spiro atoms. The van der Waals surface area contributed by atoms with Gasteiger partial charge in [0.2, 0.25) is 0 Å². The van der Waals surface area contributed by atoms with E-state index < -0.39 is 0 Å². The highest BCUT2D eigenvalue weighted by Gasteiger charge is 2.07. The fourth-order valence-electron chi connectivity index (χ4n) is 1.68. The molecule has 2 nitrogen and oxygen atoms in total. The van der Waals surface area contributed by atoms with Crippen molar-refractivity contribution < 1.29 is 5.11 Å². The number of nitrogen functional groups attached to an aromatic ring is 1. The first kappa shape index (κ1) is 9.49. The second-order valence-corrected chi connectivity index (χ2v) is 4.37. The van der Waals surface area contributed by atoms with Gasteiger partial charge in [-0.2, -0.15) is 0 Å². The minimum atomic E-state index is 0.0925. The summed E-state index contributed by atoms with van der Waals surface area (Å²) in [6.45, 7) is 2.20. The lowest BCUT2D eigenvalue weighted by molar-refractivity contribution is 0.282. The van der Waals surface area contributed by atoms with E-state index in [0.29, 0.717) is 0 Å². The molecule has 14 heavy (non-hydrogen) atoms. The highest BCUT2D eigenvalue weighted by Crippen LogP contribution is 2.34. The van der Waals surface area contributed by atoms with Crippen molar-refractivity contribution in [2.45, 2.75) is 20.0 Å². The number of hydrogen-bond donors (Lipinski definition) is 2. The van der Waals surface area contributed by atoms with Gasteiger partial charge in [0.25, 0.3) is 0 Å². The molecule has 2 aromatic rings. The Labute approximate surface area is 87.0 Å².